The fourth-order valence-corrected chi connectivity index (χ4v) is 4.61. The van der Waals surface area contributed by atoms with E-state index in [0.717, 1.165) is 42.6 Å². The van der Waals surface area contributed by atoms with Gasteiger partial charge in [0.1, 0.15) is 5.70 Å². The van der Waals surface area contributed by atoms with E-state index in [1.807, 2.05) is 26.0 Å². The number of para-hydroxylation sites is 1. The quantitative estimate of drug-likeness (QED) is 0.673. The molecular formula is C24H25ClN2O2. The van der Waals surface area contributed by atoms with Crippen LogP contribution in [0.4, 0.5) is 5.69 Å². The number of anilines is 1. The second-order valence-electron chi connectivity index (χ2n) is 8.13. The third kappa shape index (κ3) is 3.46. The Morgan fingerprint density at radius 3 is 2.48 bits per heavy atom. The lowest BCUT2D eigenvalue weighted by Crippen LogP contribution is -2.39. The van der Waals surface area contributed by atoms with Crippen LogP contribution in [-0.4, -0.2) is 29.8 Å². The summed E-state index contributed by atoms with van der Waals surface area (Å²) >= 11 is 6.36. The van der Waals surface area contributed by atoms with Gasteiger partial charge in [0.2, 0.25) is 0 Å². The third-order valence-corrected chi connectivity index (χ3v) is 6.10. The SMILES string of the molecule is Cc1ccc(C2=C(N3CCCC(C)C3)C(=O)N(c3ccccc3Cl)C2=O)c(C)c1. The summed E-state index contributed by atoms with van der Waals surface area (Å²) < 4.78 is 0. The Morgan fingerprint density at radius 1 is 1.03 bits per heavy atom. The highest BCUT2D eigenvalue weighted by Gasteiger charge is 2.44. The molecule has 2 aromatic carbocycles. The van der Waals surface area contributed by atoms with Crippen LogP contribution >= 0.6 is 11.6 Å². The Hall–Kier alpha value is -2.59. The van der Waals surface area contributed by atoms with Gasteiger partial charge in [0.25, 0.3) is 11.8 Å². The summed E-state index contributed by atoms with van der Waals surface area (Å²) in [4.78, 5) is 30.5. The average molecular weight is 409 g/mol. The minimum atomic E-state index is -0.303. The maximum atomic E-state index is 13.6. The first-order chi connectivity index (χ1) is 13.9. The molecule has 150 valence electrons. The number of likely N-dealkylation sites (tertiary alicyclic amines) is 1. The highest BCUT2D eigenvalue weighted by molar-refractivity contribution is 6.47. The Kier molecular flexibility index (Phi) is 5.22. The Morgan fingerprint density at radius 2 is 1.79 bits per heavy atom. The molecule has 0 aliphatic carbocycles. The van der Waals surface area contributed by atoms with Gasteiger partial charge in [-0.25, -0.2) is 4.90 Å². The van der Waals surface area contributed by atoms with Crippen molar-refractivity contribution in [2.24, 2.45) is 5.92 Å². The number of hydrogen-bond donors (Lipinski definition) is 0. The molecule has 4 nitrogen and oxygen atoms in total. The Bertz CT molecular complexity index is 1030. The van der Waals surface area contributed by atoms with Crippen molar-refractivity contribution in [1.29, 1.82) is 0 Å². The summed E-state index contributed by atoms with van der Waals surface area (Å²) in [5.41, 5.74) is 4.36. The van der Waals surface area contributed by atoms with E-state index in [1.54, 1.807) is 24.3 Å². The molecule has 0 N–H and O–H groups in total. The zero-order valence-corrected chi connectivity index (χ0v) is 17.8. The van der Waals surface area contributed by atoms with Gasteiger partial charge >= 0.3 is 0 Å². The molecule has 0 bridgehead atoms. The van der Waals surface area contributed by atoms with Crippen LogP contribution in [0.3, 0.4) is 0 Å². The molecule has 4 rings (SSSR count). The lowest BCUT2D eigenvalue weighted by Gasteiger charge is -2.33. The molecule has 1 saturated heterocycles. The molecular weight excluding hydrogens is 384 g/mol. The van der Waals surface area contributed by atoms with Gasteiger partial charge < -0.3 is 4.90 Å². The van der Waals surface area contributed by atoms with Crippen molar-refractivity contribution in [2.45, 2.75) is 33.6 Å². The number of halogens is 1. The average Bonchev–Trinajstić information content (AvgIpc) is 2.93. The molecule has 2 aliphatic heterocycles. The molecule has 1 atom stereocenters. The number of imide groups is 1. The van der Waals surface area contributed by atoms with E-state index in [9.17, 15) is 9.59 Å². The van der Waals surface area contributed by atoms with E-state index in [0.29, 0.717) is 27.9 Å². The highest BCUT2D eigenvalue weighted by Crippen LogP contribution is 2.39. The van der Waals surface area contributed by atoms with E-state index in [2.05, 4.69) is 17.9 Å². The van der Waals surface area contributed by atoms with Gasteiger partial charge in [0, 0.05) is 13.1 Å². The fraction of sp³-hybridized carbons (Fsp3) is 0.333. The van der Waals surface area contributed by atoms with Crippen molar-refractivity contribution in [3.8, 4) is 0 Å². The number of amides is 2. The zero-order valence-electron chi connectivity index (χ0n) is 17.0. The van der Waals surface area contributed by atoms with Crippen molar-refractivity contribution < 1.29 is 9.59 Å². The third-order valence-electron chi connectivity index (χ3n) is 5.78. The second-order valence-corrected chi connectivity index (χ2v) is 8.54. The first-order valence-corrected chi connectivity index (χ1v) is 10.5. The minimum Gasteiger partial charge on any atom is -0.366 e. The van der Waals surface area contributed by atoms with Gasteiger partial charge in [0.05, 0.1) is 16.3 Å². The number of rotatable bonds is 3. The Balaban J connectivity index is 1.88. The van der Waals surface area contributed by atoms with Gasteiger partial charge in [0.15, 0.2) is 0 Å². The number of nitrogens with zero attached hydrogens (tertiary/aromatic N) is 2. The molecule has 0 saturated carbocycles. The van der Waals surface area contributed by atoms with E-state index in [-0.39, 0.29) is 11.8 Å². The summed E-state index contributed by atoms with van der Waals surface area (Å²) in [6.45, 7) is 7.76. The van der Waals surface area contributed by atoms with Gasteiger partial charge in [-0.2, -0.15) is 0 Å². The summed E-state index contributed by atoms with van der Waals surface area (Å²) in [6.07, 6.45) is 2.15. The molecule has 1 fully saturated rings. The van der Waals surface area contributed by atoms with Crippen molar-refractivity contribution in [2.75, 3.05) is 18.0 Å². The number of carbonyl (C=O) groups is 2. The number of piperidine rings is 1. The number of aryl methyl sites for hydroxylation is 2. The summed E-state index contributed by atoms with van der Waals surface area (Å²) in [5, 5.41) is 0.391. The summed E-state index contributed by atoms with van der Waals surface area (Å²) in [7, 11) is 0. The summed E-state index contributed by atoms with van der Waals surface area (Å²) in [5.74, 6) is -0.107. The lowest BCUT2D eigenvalue weighted by atomic mass is 9.95. The van der Waals surface area contributed by atoms with E-state index >= 15 is 0 Å². The maximum Gasteiger partial charge on any atom is 0.282 e. The van der Waals surface area contributed by atoms with Crippen LogP contribution < -0.4 is 4.90 Å². The van der Waals surface area contributed by atoms with Crippen molar-refractivity contribution >= 4 is 34.7 Å². The molecule has 0 aromatic heterocycles. The number of benzene rings is 2. The van der Waals surface area contributed by atoms with Crippen molar-refractivity contribution in [1.82, 2.24) is 4.90 Å². The molecule has 1 unspecified atom stereocenters. The number of hydrogen-bond acceptors (Lipinski definition) is 3. The standard InChI is InChI=1S/C24H25ClN2O2/c1-15-10-11-18(17(3)13-15)21-22(26-12-6-7-16(2)14-26)24(29)27(23(21)28)20-9-5-4-8-19(20)25/h4-5,8-11,13,16H,6-7,12,14H2,1-3H3. The molecule has 2 aliphatic rings. The molecule has 2 amide bonds. The summed E-state index contributed by atoms with van der Waals surface area (Å²) in [6, 6.07) is 13.0. The molecule has 2 aromatic rings. The predicted molar refractivity (Wildman–Crippen MR) is 117 cm³/mol. The van der Waals surface area contributed by atoms with E-state index in [4.69, 9.17) is 11.6 Å². The molecule has 5 heteroatoms. The molecule has 0 radical (unpaired) electrons. The van der Waals surface area contributed by atoms with Gasteiger partial charge in [-0.1, -0.05) is 54.4 Å². The normalized spacial score (nSPS) is 20.1. The zero-order chi connectivity index (χ0) is 20.7. The molecule has 29 heavy (non-hydrogen) atoms. The maximum absolute atomic E-state index is 13.6. The van der Waals surface area contributed by atoms with Crippen LogP contribution in [0.25, 0.3) is 5.57 Å². The van der Waals surface area contributed by atoms with Crippen LogP contribution in [0.15, 0.2) is 48.2 Å². The fourth-order valence-electron chi connectivity index (χ4n) is 4.39. The predicted octanol–water partition coefficient (Wildman–Crippen LogP) is 4.97. The Labute approximate surface area is 176 Å². The smallest absolute Gasteiger partial charge is 0.282 e. The van der Waals surface area contributed by atoms with Crippen LogP contribution in [-0.2, 0) is 9.59 Å². The van der Waals surface area contributed by atoms with Crippen molar-refractivity contribution in [3.63, 3.8) is 0 Å². The van der Waals surface area contributed by atoms with Crippen LogP contribution in [0.2, 0.25) is 5.02 Å². The highest BCUT2D eigenvalue weighted by atomic mass is 35.5. The number of carbonyl (C=O) groups excluding carboxylic acids is 2. The first kappa shape index (κ1) is 19.7. The molecule has 0 spiro atoms. The topological polar surface area (TPSA) is 40.6 Å². The van der Waals surface area contributed by atoms with Crippen LogP contribution in [0.5, 0.6) is 0 Å². The van der Waals surface area contributed by atoms with Crippen LogP contribution in [0, 0.1) is 19.8 Å². The van der Waals surface area contributed by atoms with Gasteiger partial charge in [-0.05, 0) is 55.9 Å². The van der Waals surface area contributed by atoms with Gasteiger partial charge in [-0.3, -0.25) is 9.59 Å². The monoisotopic (exact) mass is 408 g/mol. The van der Waals surface area contributed by atoms with E-state index < -0.39 is 0 Å². The molecule has 2 heterocycles. The van der Waals surface area contributed by atoms with Crippen LogP contribution in [0.1, 0.15) is 36.5 Å². The van der Waals surface area contributed by atoms with E-state index in [1.165, 1.54) is 4.90 Å². The van der Waals surface area contributed by atoms with Gasteiger partial charge in [-0.15, -0.1) is 0 Å². The van der Waals surface area contributed by atoms with Crippen molar-refractivity contribution in [3.05, 3.63) is 69.9 Å². The minimum absolute atomic E-state index is 0.285. The largest absolute Gasteiger partial charge is 0.366 e. The second kappa shape index (κ2) is 7.68. The lowest BCUT2D eigenvalue weighted by molar-refractivity contribution is -0.120. The first-order valence-electron chi connectivity index (χ1n) is 10.1.